The molecule has 0 spiro atoms. The van der Waals surface area contributed by atoms with Crippen LogP contribution in [0.3, 0.4) is 0 Å². The molecule has 114 valence electrons. The van der Waals surface area contributed by atoms with Crippen LogP contribution >= 0.6 is 0 Å². The molecule has 1 aromatic rings. The number of hydrogen-bond donors (Lipinski definition) is 1. The smallest absolute Gasteiger partial charge is 0.248 e. The van der Waals surface area contributed by atoms with E-state index in [1.54, 1.807) is 37.2 Å². The molecule has 0 aliphatic carbocycles. The summed E-state index contributed by atoms with van der Waals surface area (Å²) in [5.74, 6) is 0.281. The maximum Gasteiger partial charge on any atom is 0.248 e. The quantitative estimate of drug-likeness (QED) is 0.886. The molecule has 6 heteroatoms. The van der Waals surface area contributed by atoms with Gasteiger partial charge in [0.15, 0.2) is 0 Å². The predicted octanol–water partition coefficient (Wildman–Crippen LogP) is 1.13. The number of hydrogen-bond acceptors (Lipinski definition) is 4. The number of carbonyl (C=O) groups excluding carboxylic acids is 2. The van der Waals surface area contributed by atoms with E-state index in [1.165, 1.54) is 0 Å². The second kappa shape index (κ2) is 5.09. The lowest BCUT2D eigenvalue weighted by molar-refractivity contribution is -0.159. The summed E-state index contributed by atoms with van der Waals surface area (Å²) in [6.45, 7) is 9.50. The molecule has 6 nitrogen and oxygen atoms in total. The standard InChI is InChI=1S/C15H22N4O2/c1-14(2,3)11-12(20)18-15(4,5)13(21)19(11)9-10-16-7-6-8-17-10/h6-8,11H,9H2,1-5H3,(H,18,20). The van der Waals surface area contributed by atoms with Crippen LogP contribution in [0.15, 0.2) is 18.5 Å². The third-order valence-electron chi connectivity index (χ3n) is 3.54. The maximum absolute atomic E-state index is 12.7. The van der Waals surface area contributed by atoms with Gasteiger partial charge in [-0.25, -0.2) is 9.97 Å². The zero-order chi connectivity index (χ0) is 15.8. The Labute approximate surface area is 125 Å². The van der Waals surface area contributed by atoms with Crippen molar-refractivity contribution < 1.29 is 9.59 Å². The highest BCUT2D eigenvalue weighted by Gasteiger charge is 2.49. The summed E-state index contributed by atoms with van der Waals surface area (Å²) < 4.78 is 0. The minimum absolute atomic E-state index is 0.116. The van der Waals surface area contributed by atoms with Crippen molar-refractivity contribution in [3.05, 3.63) is 24.3 Å². The van der Waals surface area contributed by atoms with Crippen molar-refractivity contribution in [3.63, 3.8) is 0 Å². The highest BCUT2D eigenvalue weighted by Crippen LogP contribution is 2.31. The number of rotatable bonds is 2. The normalized spacial score (nSPS) is 22.1. The van der Waals surface area contributed by atoms with Gasteiger partial charge in [0.05, 0.1) is 6.54 Å². The van der Waals surface area contributed by atoms with Crippen molar-refractivity contribution in [2.45, 2.75) is 52.7 Å². The summed E-state index contributed by atoms with van der Waals surface area (Å²) in [7, 11) is 0. The van der Waals surface area contributed by atoms with Gasteiger partial charge in [0, 0.05) is 12.4 Å². The lowest BCUT2D eigenvalue weighted by Crippen LogP contribution is -2.70. The van der Waals surface area contributed by atoms with Crippen molar-refractivity contribution in [3.8, 4) is 0 Å². The number of nitrogens with one attached hydrogen (secondary N) is 1. The van der Waals surface area contributed by atoms with Gasteiger partial charge in [-0.05, 0) is 25.3 Å². The van der Waals surface area contributed by atoms with Gasteiger partial charge in [0.2, 0.25) is 11.8 Å². The fraction of sp³-hybridized carbons (Fsp3) is 0.600. The highest BCUT2D eigenvalue weighted by molar-refractivity contribution is 5.99. The molecule has 0 bridgehead atoms. The Kier molecular flexibility index (Phi) is 3.74. The van der Waals surface area contributed by atoms with Crippen molar-refractivity contribution >= 4 is 11.8 Å². The monoisotopic (exact) mass is 290 g/mol. The zero-order valence-electron chi connectivity index (χ0n) is 13.2. The van der Waals surface area contributed by atoms with E-state index in [4.69, 9.17) is 0 Å². The van der Waals surface area contributed by atoms with Crippen molar-refractivity contribution in [2.24, 2.45) is 5.41 Å². The van der Waals surface area contributed by atoms with Gasteiger partial charge < -0.3 is 10.2 Å². The molecular weight excluding hydrogens is 268 g/mol. The molecule has 21 heavy (non-hydrogen) atoms. The molecule has 1 aliphatic heterocycles. The molecule has 1 fully saturated rings. The largest absolute Gasteiger partial charge is 0.340 e. The zero-order valence-corrected chi connectivity index (χ0v) is 13.2. The first-order valence-corrected chi connectivity index (χ1v) is 7.02. The van der Waals surface area contributed by atoms with Crippen LogP contribution in [0.25, 0.3) is 0 Å². The van der Waals surface area contributed by atoms with Gasteiger partial charge in [-0.15, -0.1) is 0 Å². The molecule has 0 saturated carbocycles. The van der Waals surface area contributed by atoms with E-state index >= 15 is 0 Å². The first-order valence-electron chi connectivity index (χ1n) is 7.02. The molecular formula is C15H22N4O2. The Morgan fingerprint density at radius 2 is 1.81 bits per heavy atom. The van der Waals surface area contributed by atoms with Crippen molar-refractivity contribution in [1.29, 1.82) is 0 Å². The van der Waals surface area contributed by atoms with E-state index in [0.29, 0.717) is 5.82 Å². The summed E-state index contributed by atoms with van der Waals surface area (Å²) in [6.07, 6.45) is 3.27. The summed E-state index contributed by atoms with van der Waals surface area (Å²) in [6, 6.07) is 1.18. The SMILES string of the molecule is CC1(C)NC(=O)C(C(C)(C)C)N(Cc2ncccn2)C1=O. The molecule has 1 aliphatic rings. The lowest BCUT2D eigenvalue weighted by atomic mass is 9.81. The van der Waals surface area contributed by atoms with Crippen LogP contribution in [0.4, 0.5) is 0 Å². The Bertz CT molecular complexity index is 549. The van der Waals surface area contributed by atoms with E-state index in [9.17, 15) is 9.59 Å². The average Bonchev–Trinajstić information content (AvgIpc) is 2.34. The van der Waals surface area contributed by atoms with Crippen LogP contribution < -0.4 is 5.32 Å². The maximum atomic E-state index is 12.7. The van der Waals surface area contributed by atoms with Gasteiger partial charge in [0.25, 0.3) is 0 Å². The minimum atomic E-state index is -0.909. The van der Waals surface area contributed by atoms with Gasteiger partial charge in [-0.1, -0.05) is 20.8 Å². The first-order chi connectivity index (χ1) is 9.63. The van der Waals surface area contributed by atoms with Crippen LogP contribution in [-0.2, 0) is 16.1 Å². The fourth-order valence-electron chi connectivity index (χ4n) is 2.64. The summed E-state index contributed by atoms with van der Waals surface area (Å²) in [5, 5.41) is 2.81. The molecule has 2 rings (SSSR count). The molecule has 1 unspecified atom stereocenters. The van der Waals surface area contributed by atoms with Gasteiger partial charge >= 0.3 is 0 Å². The molecule has 0 radical (unpaired) electrons. The van der Waals surface area contributed by atoms with Crippen LogP contribution in [0.1, 0.15) is 40.4 Å². The van der Waals surface area contributed by atoms with Crippen molar-refractivity contribution in [2.75, 3.05) is 0 Å². The van der Waals surface area contributed by atoms with Crippen LogP contribution in [0.5, 0.6) is 0 Å². The lowest BCUT2D eigenvalue weighted by Gasteiger charge is -2.47. The fourth-order valence-corrected chi connectivity index (χ4v) is 2.64. The highest BCUT2D eigenvalue weighted by atomic mass is 16.2. The second-order valence-corrected chi connectivity index (χ2v) is 6.98. The van der Waals surface area contributed by atoms with Crippen molar-refractivity contribution in [1.82, 2.24) is 20.2 Å². The number of nitrogens with zero attached hydrogens (tertiary/aromatic N) is 3. The number of carbonyl (C=O) groups is 2. The van der Waals surface area contributed by atoms with E-state index in [2.05, 4.69) is 15.3 Å². The Hall–Kier alpha value is -1.98. The van der Waals surface area contributed by atoms with Gasteiger partial charge in [-0.2, -0.15) is 0 Å². The van der Waals surface area contributed by atoms with Gasteiger partial charge in [-0.3, -0.25) is 9.59 Å². The van der Waals surface area contributed by atoms with E-state index in [-0.39, 0.29) is 23.8 Å². The van der Waals surface area contributed by atoms with Gasteiger partial charge in [0.1, 0.15) is 17.4 Å². The molecule has 1 saturated heterocycles. The predicted molar refractivity (Wildman–Crippen MR) is 78.0 cm³/mol. The third kappa shape index (κ3) is 3.04. The molecule has 0 aromatic carbocycles. The third-order valence-corrected chi connectivity index (χ3v) is 3.54. The second-order valence-electron chi connectivity index (χ2n) is 6.98. The minimum Gasteiger partial charge on any atom is -0.340 e. The van der Waals surface area contributed by atoms with Crippen LogP contribution in [0, 0.1) is 5.41 Å². The number of aromatic nitrogens is 2. The molecule has 2 heterocycles. The average molecular weight is 290 g/mol. The van der Waals surface area contributed by atoms with E-state index in [1.807, 2.05) is 20.8 Å². The number of piperazine rings is 1. The van der Waals surface area contributed by atoms with Crippen LogP contribution in [-0.4, -0.2) is 38.3 Å². The molecule has 1 atom stereocenters. The topological polar surface area (TPSA) is 75.2 Å². The Morgan fingerprint density at radius 3 is 2.33 bits per heavy atom. The summed E-state index contributed by atoms with van der Waals surface area (Å²) >= 11 is 0. The van der Waals surface area contributed by atoms with E-state index < -0.39 is 11.6 Å². The first kappa shape index (κ1) is 15.4. The Balaban J connectivity index is 2.39. The molecule has 2 amide bonds. The van der Waals surface area contributed by atoms with Crippen LogP contribution in [0.2, 0.25) is 0 Å². The summed E-state index contributed by atoms with van der Waals surface area (Å²) in [4.78, 5) is 35.1. The van der Waals surface area contributed by atoms with E-state index in [0.717, 1.165) is 0 Å². The summed E-state index contributed by atoms with van der Waals surface area (Å²) in [5.41, 5.74) is -1.28. The number of amides is 2. The molecule has 1 N–H and O–H groups in total. The molecule has 1 aromatic heterocycles. The Morgan fingerprint density at radius 1 is 1.24 bits per heavy atom.